The zero-order valence-corrected chi connectivity index (χ0v) is 10.6. The predicted molar refractivity (Wildman–Crippen MR) is 68.8 cm³/mol. The highest BCUT2D eigenvalue weighted by atomic mass is 16.2. The van der Waals surface area contributed by atoms with Gasteiger partial charge in [-0.3, -0.25) is 4.79 Å². The van der Waals surface area contributed by atoms with Crippen LogP contribution < -0.4 is 5.32 Å². The van der Waals surface area contributed by atoms with E-state index in [1.54, 1.807) is 0 Å². The lowest BCUT2D eigenvalue weighted by molar-refractivity contribution is -0.133. The zero-order valence-electron chi connectivity index (χ0n) is 10.6. The fourth-order valence-electron chi connectivity index (χ4n) is 2.44. The lowest BCUT2D eigenvalue weighted by Crippen LogP contribution is -2.43. The monoisotopic (exact) mass is 232 g/mol. The van der Waals surface area contributed by atoms with Crippen LogP contribution in [-0.4, -0.2) is 30.4 Å². The number of fused-ring (bicyclic) bond motifs is 1. The first-order chi connectivity index (χ1) is 8.27. The van der Waals surface area contributed by atoms with E-state index in [1.165, 1.54) is 5.56 Å². The van der Waals surface area contributed by atoms with E-state index in [0.717, 1.165) is 31.6 Å². The molecule has 92 valence electrons. The van der Waals surface area contributed by atoms with Crippen molar-refractivity contribution in [1.29, 1.82) is 0 Å². The summed E-state index contributed by atoms with van der Waals surface area (Å²) in [5, 5.41) is 3.33. The van der Waals surface area contributed by atoms with Crippen molar-refractivity contribution in [3.63, 3.8) is 0 Å². The fraction of sp³-hybridized carbons (Fsp3) is 0.500. The number of carbonyl (C=O) groups is 1. The van der Waals surface area contributed by atoms with Crippen molar-refractivity contribution in [2.75, 3.05) is 19.6 Å². The lowest BCUT2D eigenvalue weighted by Gasteiger charge is -2.30. The van der Waals surface area contributed by atoms with Gasteiger partial charge in [0.1, 0.15) is 6.04 Å². The van der Waals surface area contributed by atoms with E-state index in [9.17, 15) is 4.79 Å². The third-order valence-electron chi connectivity index (χ3n) is 3.43. The Morgan fingerprint density at radius 1 is 1.35 bits per heavy atom. The quantitative estimate of drug-likeness (QED) is 0.861. The van der Waals surface area contributed by atoms with Gasteiger partial charge >= 0.3 is 0 Å². The molecule has 3 heteroatoms. The molecule has 1 unspecified atom stereocenters. The average molecular weight is 232 g/mol. The Morgan fingerprint density at radius 3 is 2.76 bits per heavy atom. The van der Waals surface area contributed by atoms with Crippen LogP contribution in [0.3, 0.4) is 0 Å². The maximum atomic E-state index is 12.4. The van der Waals surface area contributed by atoms with Gasteiger partial charge in [-0.15, -0.1) is 0 Å². The molecule has 17 heavy (non-hydrogen) atoms. The van der Waals surface area contributed by atoms with E-state index in [1.807, 2.05) is 30.9 Å². The minimum absolute atomic E-state index is 0.153. The smallest absolute Gasteiger partial charge is 0.244 e. The highest BCUT2D eigenvalue weighted by Crippen LogP contribution is 2.24. The van der Waals surface area contributed by atoms with Crippen LogP contribution in [0.25, 0.3) is 0 Å². The number of nitrogens with zero attached hydrogens (tertiary/aromatic N) is 1. The minimum Gasteiger partial charge on any atom is -0.342 e. The van der Waals surface area contributed by atoms with Crippen LogP contribution in [0.4, 0.5) is 0 Å². The first-order valence-corrected chi connectivity index (χ1v) is 6.37. The molecular weight excluding hydrogens is 212 g/mol. The molecular formula is C14H20N2O. The Bertz CT molecular complexity index is 399. The van der Waals surface area contributed by atoms with Crippen LogP contribution in [0.2, 0.25) is 0 Å². The molecule has 0 saturated carbocycles. The summed E-state index contributed by atoms with van der Waals surface area (Å²) < 4.78 is 0. The number of amides is 1. The molecule has 0 spiro atoms. The molecule has 0 fully saturated rings. The second-order valence-corrected chi connectivity index (χ2v) is 4.35. The number of hydrogen-bond acceptors (Lipinski definition) is 2. The third-order valence-corrected chi connectivity index (χ3v) is 3.43. The molecule has 1 heterocycles. The molecule has 0 aromatic heterocycles. The highest BCUT2D eigenvalue weighted by molar-refractivity contribution is 5.84. The summed E-state index contributed by atoms with van der Waals surface area (Å²) in [6.07, 6.45) is 1.01. The molecule has 1 aliphatic rings. The van der Waals surface area contributed by atoms with Gasteiger partial charge in [-0.05, 0) is 31.4 Å². The number of benzene rings is 1. The van der Waals surface area contributed by atoms with Crippen molar-refractivity contribution >= 4 is 5.91 Å². The number of rotatable bonds is 3. The van der Waals surface area contributed by atoms with Gasteiger partial charge in [0.15, 0.2) is 0 Å². The zero-order chi connectivity index (χ0) is 12.3. The Labute approximate surface area is 103 Å². The predicted octanol–water partition coefficient (Wildman–Crippen LogP) is 1.74. The van der Waals surface area contributed by atoms with Gasteiger partial charge in [0.2, 0.25) is 5.91 Å². The van der Waals surface area contributed by atoms with E-state index in [-0.39, 0.29) is 11.9 Å². The summed E-state index contributed by atoms with van der Waals surface area (Å²) in [5.74, 6) is 0.196. The molecule has 0 saturated heterocycles. The van der Waals surface area contributed by atoms with Gasteiger partial charge in [0.05, 0.1) is 0 Å². The largest absolute Gasteiger partial charge is 0.342 e. The Hall–Kier alpha value is -1.35. The molecule has 0 bridgehead atoms. The number of carbonyl (C=O) groups excluding carboxylic acids is 1. The molecule has 1 aromatic carbocycles. The number of likely N-dealkylation sites (N-methyl/N-ethyl adjacent to an activating group) is 1. The molecule has 0 aliphatic carbocycles. The van der Waals surface area contributed by atoms with E-state index in [0.29, 0.717) is 0 Å². The maximum Gasteiger partial charge on any atom is 0.244 e. The van der Waals surface area contributed by atoms with Crippen molar-refractivity contribution in [1.82, 2.24) is 10.2 Å². The van der Waals surface area contributed by atoms with Crippen molar-refractivity contribution in [3.8, 4) is 0 Å². The van der Waals surface area contributed by atoms with Crippen LogP contribution in [0, 0.1) is 0 Å². The summed E-state index contributed by atoms with van der Waals surface area (Å²) in [4.78, 5) is 14.3. The van der Waals surface area contributed by atoms with Crippen LogP contribution in [0.1, 0.15) is 31.0 Å². The van der Waals surface area contributed by atoms with Gasteiger partial charge < -0.3 is 10.2 Å². The van der Waals surface area contributed by atoms with Crippen LogP contribution in [0.5, 0.6) is 0 Å². The van der Waals surface area contributed by atoms with Gasteiger partial charge in [-0.25, -0.2) is 0 Å². The lowest BCUT2D eigenvalue weighted by atomic mass is 9.93. The maximum absolute atomic E-state index is 12.4. The van der Waals surface area contributed by atoms with Crippen LogP contribution >= 0.6 is 0 Å². The molecule has 1 aliphatic heterocycles. The summed E-state index contributed by atoms with van der Waals surface area (Å²) in [6.45, 7) is 6.48. The van der Waals surface area contributed by atoms with Crippen LogP contribution in [0.15, 0.2) is 24.3 Å². The normalized spacial score (nSPS) is 18.6. The summed E-state index contributed by atoms with van der Waals surface area (Å²) in [5.41, 5.74) is 2.45. The van der Waals surface area contributed by atoms with E-state index in [4.69, 9.17) is 0 Å². The van der Waals surface area contributed by atoms with Crippen molar-refractivity contribution in [2.24, 2.45) is 0 Å². The van der Waals surface area contributed by atoms with Gasteiger partial charge in [-0.1, -0.05) is 24.3 Å². The van der Waals surface area contributed by atoms with Crippen LogP contribution in [-0.2, 0) is 11.2 Å². The molecule has 1 N–H and O–H groups in total. The fourth-order valence-corrected chi connectivity index (χ4v) is 2.44. The number of nitrogens with one attached hydrogen (secondary N) is 1. The Kier molecular flexibility index (Phi) is 3.79. The van der Waals surface area contributed by atoms with Crippen molar-refractivity contribution < 1.29 is 4.79 Å². The third kappa shape index (κ3) is 2.34. The van der Waals surface area contributed by atoms with E-state index >= 15 is 0 Å². The molecule has 3 nitrogen and oxygen atoms in total. The Balaban J connectivity index is 2.26. The number of hydrogen-bond donors (Lipinski definition) is 1. The average Bonchev–Trinajstić information content (AvgIpc) is 2.39. The second kappa shape index (κ2) is 5.32. The van der Waals surface area contributed by atoms with E-state index in [2.05, 4.69) is 17.4 Å². The first kappa shape index (κ1) is 12.1. The summed E-state index contributed by atoms with van der Waals surface area (Å²) >= 11 is 0. The molecule has 0 radical (unpaired) electrons. The first-order valence-electron chi connectivity index (χ1n) is 6.37. The Morgan fingerprint density at radius 2 is 2.06 bits per heavy atom. The van der Waals surface area contributed by atoms with Crippen molar-refractivity contribution in [3.05, 3.63) is 35.4 Å². The van der Waals surface area contributed by atoms with E-state index < -0.39 is 0 Å². The summed E-state index contributed by atoms with van der Waals surface area (Å²) in [7, 11) is 0. The van der Waals surface area contributed by atoms with Gasteiger partial charge in [-0.2, -0.15) is 0 Å². The molecule has 1 aromatic rings. The SMILES string of the molecule is CCN(CC)C(=O)C1NCCc2ccccc21. The molecule has 1 atom stereocenters. The highest BCUT2D eigenvalue weighted by Gasteiger charge is 2.28. The molecule has 1 amide bonds. The van der Waals surface area contributed by atoms with Crippen molar-refractivity contribution in [2.45, 2.75) is 26.3 Å². The minimum atomic E-state index is -0.153. The van der Waals surface area contributed by atoms with Gasteiger partial charge in [0, 0.05) is 19.6 Å². The summed E-state index contributed by atoms with van der Waals surface area (Å²) in [6, 6.07) is 8.09. The topological polar surface area (TPSA) is 32.3 Å². The molecule has 2 rings (SSSR count). The second-order valence-electron chi connectivity index (χ2n) is 4.35. The van der Waals surface area contributed by atoms with Gasteiger partial charge in [0.25, 0.3) is 0 Å². The standard InChI is InChI=1S/C14H20N2O/c1-3-16(4-2)14(17)13-12-8-6-5-7-11(12)9-10-15-13/h5-8,13,15H,3-4,9-10H2,1-2H3.